The first-order valence-electron chi connectivity index (χ1n) is 16.7. The molecule has 0 aliphatic rings. The Morgan fingerprint density at radius 2 is 1.32 bits per heavy atom. The Labute approximate surface area is 294 Å². The van der Waals surface area contributed by atoms with Gasteiger partial charge in [0.05, 0.1) is 72.4 Å². The number of fused-ring (bicyclic) bond motifs is 1. The van der Waals surface area contributed by atoms with Crippen molar-refractivity contribution in [3.63, 3.8) is 0 Å². The molecule has 0 fully saturated rings. The molecule has 2 amide bonds. The Hall–Kier alpha value is -4.27. The fourth-order valence-electron chi connectivity index (χ4n) is 4.81. The van der Waals surface area contributed by atoms with Crippen LogP contribution in [0.25, 0.3) is 21.9 Å². The van der Waals surface area contributed by atoms with E-state index in [-0.39, 0.29) is 13.0 Å². The van der Waals surface area contributed by atoms with E-state index in [0.717, 1.165) is 27.6 Å². The second-order valence-corrected chi connectivity index (χ2v) is 12.1. The van der Waals surface area contributed by atoms with Gasteiger partial charge in [0.1, 0.15) is 24.5 Å². The molecule has 0 aromatic heterocycles. The topological polar surface area (TPSA) is 166 Å². The maximum absolute atomic E-state index is 12.7. The van der Waals surface area contributed by atoms with Gasteiger partial charge in [-0.3, -0.25) is 9.59 Å². The zero-order chi connectivity index (χ0) is 36.2. The van der Waals surface area contributed by atoms with Gasteiger partial charge in [0.2, 0.25) is 5.91 Å². The lowest BCUT2D eigenvalue weighted by atomic mass is 9.95. The Kier molecular flexibility index (Phi) is 17.5. The van der Waals surface area contributed by atoms with Gasteiger partial charge in [-0.2, -0.15) is 0 Å². The van der Waals surface area contributed by atoms with Gasteiger partial charge >= 0.3 is 12.1 Å². The summed E-state index contributed by atoms with van der Waals surface area (Å²) in [6, 6.07) is 18.8. The Balaban J connectivity index is 1.54. The van der Waals surface area contributed by atoms with E-state index in [1.165, 1.54) is 7.11 Å². The van der Waals surface area contributed by atoms with Crippen LogP contribution in [0.2, 0.25) is 0 Å². The number of esters is 1. The van der Waals surface area contributed by atoms with Gasteiger partial charge in [0, 0.05) is 11.9 Å². The van der Waals surface area contributed by atoms with Crippen molar-refractivity contribution in [2.45, 2.75) is 38.8 Å². The molecule has 3 rings (SSSR count). The van der Waals surface area contributed by atoms with Crippen molar-refractivity contribution in [2.75, 3.05) is 79.7 Å². The third kappa shape index (κ3) is 14.7. The number of methoxy groups -OCH3 is 1. The summed E-state index contributed by atoms with van der Waals surface area (Å²) in [4.78, 5) is 36.8. The van der Waals surface area contributed by atoms with Crippen LogP contribution >= 0.6 is 0 Å². The van der Waals surface area contributed by atoms with E-state index in [1.807, 2.05) is 60.7 Å². The van der Waals surface area contributed by atoms with Gasteiger partial charge in [-0.25, -0.2) is 4.79 Å². The monoisotopic (exact) mass is 697 g/mol. The van der Waals surface area contributed by atoms with Crippen LogP contribution in [0, 0.1) is 0 Å². The molecule has 3 aromatic carbocycles. The highest BCUT2D eigenvalue weighted by Gasteiger charge is 2.21. The number of carbonyl (C=O) groups excluding carboxylic acids is 3. The number of carbonyl (C=O) groups is 3. The Morgan fingerprint density at radius 3 is 1.90 bits per heavy atom. The molecule has 0 bridgehead atoms. The molecule has 13 nitrogen and oxygen atoms in total. The highest BCUT2D eigenvalue weighted by atomic mass is 16.6. The highest BCUT2D eigenvalue weighted by molar-refractivity contribution is 6.00. The van der Waals surface area contributed by atoms with Crippen LogP contribution in [0.3, 0.4) is 0 Å². The lowest BCUT2D eigenvalue weighted by molar-refractivity contribution is -0.141. The largest absolute Gasteiger partial charge is 0.491 e. The highest BCUT2D eigenvalue weighted by Crippen LogP contribution is 2.35. The maximum atomic E-state index is 12.7. The number of alkyl carbamates (subject to hydrolysis) is 1. The zero-order valence-electron chi connectivity index (χ0n) is 29.5. The average Bonchev–Trinajstić information content (AvgIpc) is 3.10. The van der Waals surface area contributed by atoms with Crippen molar-refractivity contribution in [1.29, 1.82) is 0 Å². The number of hydrogen-bond acceptors (Lipinski definition) is 11. The van der Waals surface area contributed by atoms with Crippen molar-refractivity contribution < 1.29 is 47.5 Å². The van der Waals surface area contributed by atoms with Crippen molar-refractivity contribution >= 4 is 28.7 Å². The molecule has 0 radical (unpaired) electrons. The first kappa shape index (κ1) is 40.2. The summed E-state index contributed by atoms with van der Waals surface area (Å²) < 4.78 is 38.0. The number of benzene rings is 3. The quantitative estimate of drug-likeness (QED) is 0.102. The van der Waals surface area contributed by atoms with Crippen molar-refractivity contribution in [2.24, 2.45) is 5.73 Å². The van der Waals surface area contributed by atoms with Crippen LogP contribution < -0.4 is 21.1 Å². The first-order valence-corrected chi connectivity index (χ1v) is 16.7. The number of rotatable bonds is 22. The lowest BCUT2D eigenvalue weighted by Gasteiger charge is -2.21. The van der Waals surface area contributed by atoms with Gasteiger partial charge < -0.3 is 49.5 Å². The summed E-state index contributed by atoms with van der Waals surface area (Å²) in [5.74, 6) is -0.215. The number of hydrogen-bond donors (Lipinski definition) is 3. The van der Waals surface area contributed by atoms with Gasteiger partial charge in [0.15, 0.2) is 0 Å². The Morgan fingerprint density at radius 1 is 0.740 bits per heavy atom. The SMILES string of the molecule is COC(=O)CC(NC(=O)CNC(=O)OC(C)(C)C)c1ccc(-c2ccc(OCCOCCOCCOCCOCCN)c3ccccc23)cc1. The van der Waals surface area contributed by atoms with Gasteiger partial charge in [-0.05, 0) is 48.9 Å². The fraction of sp³-hybridized carbons (Fsp3) is 0.486. The molecule has 4 N–H and O–H groups in total. The predicted octanol–water partition coefficient (Wildman–Crippen LogP) is 4.16. The normalized spacial score (nSPS) is 11.9. The first-order chi connectivity index (χ1) is 24.1. The van der Waals surface area contributed by atoms with Crippen LogP contribution in [0.5, 0.6) is 5.75 Å². The second-order valence-electron chi connectivity index (χ2n) is 12.1. The smallest absolute Gasteiger partial charge is 0.408 e. The minimum absolute atomic E-state index is 0.0822. The van der Waals surface area contributed by atoms with Crippen molar-refractivity contribution in [3.8, 4) is 16.9 Å². The summed E-state index contributed by atoms with van der Waals surface area (Å²) in [6.07, 6.45) is -0.791. The van der Waals surface area contributed by atoms with E-state index in [4.69, 9.17) is 38.9 Å². The zero-order valence-corrected chi connectivity index (χ0v) is 29.5. The summed E-state index contributed by atoms with van der Waals surface area (Å²) in [5, 5.41) is 7.21. The molecule has 0 aliphatic carbocycles. The number of nitrogens with one attached hydrogen (secondary N) is 2. The molecule has 274 valence electrons. The molecule has 50 heavy (non-hydrogen) atoms. The molecule has 0 saturated carbocycles. The molecule has 13 heteroatoms. The minimum Gasteiger partial charge on any atom is -0.491 e. The van der Waals surface area contributed by atoms with E-state index in [1.54, 1.807) is 20.8 Å². The maximum Gasteiger partial charge on any atom is 0.408 e. The van der Waals surface area contributed by atoms with Gasteiger partial charge in [0.25, 0.3) is 0 Å². The third-order valence-electron chi connectivity index (χ3n) is 7.10. The molecule has 0 heterocycles. The number of amides is 2. The number of ether oxygens (including phenoxy) is 7. The molecule has 0 spiro atoms. The van der Waals surface area contributed by atoms with Crippen LogP contribution in [0.1, 0.15) is 38.8 Å². The standard InChI is InChI=1S/C37H51N3O10/c1-37(2,3)50-36(43)39-26-34(41)40-32(25-35(42)44-4)28-11-9-27(10-12-28)29-13-14-33(31-8-6-5-7-30(29)31)49-24-23-48-22-21-47-20-19-46-18-17-45-16-15-38/h5-14,32H,15-26,38H2,1-4H3,(H,39,43)(H,40,41). The predicted molar refractivity (Wildman–Crippen MR) is 189 cm³/mol. The fourth-order valence-corrected chi connectivity index (χ4v) is 4.81. The van der Waals surface area contributed by atoms with Gasteiger partial charge in [-0.1, -0.05) is 54.6 Å². The lowest BCUT2D eigenvalue weighted by Crippen LogP contribution is -2.41. The van der Waals surface area contributed by atoms with E-state index in [2.05, 4.69) is 10.6 Å². The second kappa shape index (κ2) is 21.7. The van der Waals surface area contributed by atoms with E-state index in [9.17, 15) is 14.4 Å². The molecule has 3 aromatic rings. The molecular formula is C37H51N3O10. The van der Waals surface area contributed by atoms with E-state index < -0.39 is 29.6 Å². The molecule has 0 aliphatic heterocycles. The molecular weight excluding hydrogens is 646 g/mol. The van der Waals surface area contributed by atoms with Crippen LogP contribution in [-0.2, 0) is 38.0 Å². The summed E-state index contributed by atoms with van der Waals surface area (Å²) in [6.45, 7) is 9.63. The van der Waals surface area contributed by atoms with Crippen molar-refractivity contribution in [1.82, 2.24) is 10.6 Å². The third-order valence-corrected chi connectivity index (χ3v) is 7.10. The van der Waals surface area contributed by atoms with Crippen molar-refractivity contribution in [3.05, 3.63) is 66.2 Å². The number of nitrogens with two attached hydrogens (primary N) is 1. The summed E-state index contributed by atoms with van der Waals surface area (Å²) in [7, 11) is 1.29. The van der Waals surface area contributed by atoms with Crippen LogP contribution in [-0.4, -0.2) is 103 Å². The summed E-state index contributed by atoms with van der Waals surface area (Å²) in [5.41, 5.74) is 7.31. The molecule has 1 unspecified atom stereocenters. The Bertz CT molecular complexity index is 1480. The molecule has 1 atom stereocenters. The minimum atomic E-state index is -0.709. The van der Waals surface area contributed by atoms with Crippen LogP contribution in [0.4, 0.5) is 4.79 Å². The van der Waals surface area contributed by atoms with E-state index >= 15 is 0 Å². The van der Waals surface area contributed by atoms with E-state index in [0.29, 0.717) is 71.6 Å². The molecule has 0 saturated heterocycles. The van der Waals surface area contributed by atoms with Crippen LogP contribution in [0.15, 0.2) is 60.7 Å². The van der Waals surface area contributed by atoms with Gasteiger partial charge in [-0.15, -0.1) is 0 Å². The average molecular weight is 698 g/mol. The summed E-state index contributed by atoms with van der Waals surface area (Å²) >= 11 is 0.